The molecule has 8 heteroatoms. The quantitative estimate of drug-likeness (QED) is 0.629. The Balaban J connectivity index is 1.74. The van der Waals surface area contributed by atoms with Gasteiger partial charge in [0.2, 0.25) is 5.91 Å². The van der Waals surface area contributed by atoms with Gasteiger partial charge in [0.05, 0.1) is 29.3 Å². The predicted molar refractivity (Wildman–Crippen MR) is 72.6 cm³/mol. The number of rotatable bonds is 4. The highest BCUT2D eigenvalue weighted by Gasteiger charge is 2.09. The van der Waals surface area contributed by atoms with Crippen LogP contribution in [-0.2, 0) is 17.9 Å². The van der Waals surface area contributed by atoms with Crippen LogP contribution in [0.25, 0.3) is 10.9 Å². The molecule has 0 fully saturated rings. The van der Waals surface area contributed by atoms with Crippen LogP contribution in [-0.4, -0.2) is 31.1 Å². The standard InChI is InChI=1S/C12H13N7O/c13-4-9-6-19(18-16-9)7-11(20)15-10-3-1-2-8-5-14-17-12(8)10/h1-3,5-6H,4,7,13H2,(H,14,17)(H,15,20). The van der Waals surface area contributed by atoms with Gasteiger partial charge in [0.1, 0.15) is 6.54 Å². The average Bonchev–Trinajstić information content (AvgIpc) is 3.07. The Hall–Kier alpha value is -2.74. The van der Waals surface area contributed by atoms with Crippen molar-refractivity contribution in [2.45, 2.75) is 13.1 Å². The number of fused-ring (bicyclic) bond motifs is 1. The summed E-state index contributed by atoms with van der Waals surface area (Å²) in [6.45, 7) is 0.382. The van der Waals surface area contributed by atoms with E-state index in [1.807, 2.05) is 18.2 Å². The molecule has 2 heterocycles. The van der Waals surface area contributed by atoms with Crippen molar-refractivity contribution in [3.05, 3.63) is 36.3 Å². The number of nitrogens with one attached hydrogen (secondary N) is 2. The molecule has 0 aliphatic rings. The Labute approximate surface area is 114 Å². The van der Waals surface area contributed by atoms with E-state index in [9.17, 15) is 4.79 Å². The van der Waals surface area contributed by atoms with E-state index in [1.54, 1.807) is 12.4 Å². The maximum Gasteiger partial charge on any atom is 0.246 e. The number of amides is 1. The van der Waals surface area contributed by atoms with E-state index in [0.717, 1.165) is 10.9 Å². The third-order valence-corrected chi connectivity index (χ3v) is 2.85. The minimum atomic E-state index is -0.194. The zero-order valence-electron chi connectivity index (χ0n) is 10.6. The van der Waals surface area contributed by atoms with E-state index >= 15 is 0 Å². The Morgan fingerprint density at radius 1 is 1.45 bits per heavy atom. The van der Waals surface area contributed by atoms with Crippen LogP contribution < -0.4 is 11.1 Å². The lowest BCUT2D eigenvalue weighted by atomic mass is 10.2. The Bertz CT molecular complexity index is 745. The monoisotopic (exact) mass is 271 g/mol. The number of para-hydroxylation sites is 1. The maximum atomic E-state index is 12.0. The first kappa shape index (κ1) is 12.3. The number of hydrogen-bond donors (Lipinski definition) is 3. The third-order valence-electron chi connectivity index (χ3n) is 2.85. The molecule has 0 bridgehead atoms. The molecule has 1 amide bonds. The van der Waals surface area contributed by atoms with Gasteiger partial charge in [-0.3, -0.25) is 9.89 Å². The SMILES string of the molecule is NCc1cn(CC(=O)Nc2cccc3cn[nH]c23)nn1. The molecule has 0 unspecified atom stereocenters. The first-order chi connectivity index (χ1) is 9.76. The lowest BCUT2D eigenvalue weighted by Crippen LogP contribution is -2.19. The van der Waals surface area contributed by atoms with Gasteiger partial charge in [-0.15, -0.1) is 5.10 Å². The zero-order chi connectivity index (χ0) is 13.9. The molecule has 8 nitrogen and oxygen atoms in total. The van der Waals surface area contributed by atoms with Crippen molar-refractivity contribution in [3.8, 4) is 0 Å². The fourth-order valence-electron chi connectivity index (χ4n) is 1.92. The van der Waals surface area contributed by atoms with Gasteiger partial charge in [0.25, 0.3) is 0 Å². The van der Waals surface area contributed by atoms with E-state index in [0.29, 0.717) is 17.9 Å². The fourth-order valence-corrected chi connectivity index (χ4v) is 1.92. The second-order valence-electron chi connectivity index (χ2n) is 4.30. The van der Waals surface area contributed by atoms with Gasteiger partial charge in [0, 0.05) is 11.9 Å². The van der Waals surface area contributed by atoms with E-state index in [-0.39, 0.29) is 12.5 Å². The summed E-state index contributed by atoms with van der Waals surface area (Å²) in [7, 11) is 0. The summed E-state index contributed by atoms with van der Waals surface area (Å²) in [5.74, 6) is -0.194. The zero-order valence-corrected chi connectivity index (χ0v) is 10.6. The molecular weight excluding hydrogens is 258 g/mol. The highest BCUT2D eigenvalue weighted by atomic mass is 16.2. The van der Waals surface area contributed by atoms with E-state index in [4.69, 9.17) is 5.73 Å². The molecule has 0 spiro atoms. The van der Waals surface area contributed by atoms with E-state index in [1.165, 1.54) is 4.68 Å². The summed E-state index contributed by atoms with van der Waals surface area (Å²) in [5.41, 5.74) is 7.57. The summed E-state index contributed by atoms with van der Waals surface area (Å²) in [4.78, 5) is 12.0. The molecular formula is C12H13N7O. The van der Waals surface area contributed by atoms with Crippen molar-refractivity contribution in [3.63, 3.8) is 0 Å². The van der Waals surface area contributed by atoms with Gasteiger partial charge in [-0.2, -0.15) is 5.10 Å². The van der Waals surface area contributed by atoms with Gasteiger partial charge < -0.3 is 11.1 Å². The largest absolute Gasteiger partial charge is 0.325 e. The molecule has 2 aromatic heterocycles. The summed E-state index contributed by atoms with van der Waals surface area (Å²) < 4.78 is 1.45. The van der Waals surface area contributed by atoms with Gasteiger partial charge in [-0.1, -0.05) is 17.3 Å². The number of hydrogen-bond acceptors (Lipinski definition) is 5. The van der Waals surface area contributed by atoms with Crippen molar-refractivity contribution in [2.75, 3.05) is 5.32 Å². The summed E-state index contributed by atoms with van der Waals surface area (Å²) >= 11 is 0. The molecule has 0 saturated heterocycles. The minimum Gasteiger partial charge on any atom is -0.325 e. The molecule has 3 aromatic rings. The topological polar surface area (TPSA) is 115 Å². The Morgan fingerprint density at radius 2 is 2.35 bits per heavy atom. The number of H-pyrrole nitrogens is 1. The van der Waals surface area contributed by atoms with Crippen LogP contribution in [0.5, 0.6) is 0 Å². The number of anilines is 1. The predicted octanol–water partition coefficient (Wildman–Crippen LogP) is 0.252. The smallest absolute Gasteiger partial charge is 0.246 e. The number of benzene rings is 1. The van der Waals surface area contributed by atoms with Crippen LogP contribution in [0.3, 0.4) is 0 Å². The number of carbonyl (C=O) groups excluding carboxylic acids is 1. The van der Waals surface area contributed by atoms with Gasteiger partial charge in [-0.25, -0.2) is 4.68 Å². The number of aromatic amines is 1. The molecule has 3 rings (SSSR count). The number of nitrogens with two attached hydrogens (primary N) is 1. The molecule has 1 aromatic carbocycles. The second kappa shape index (κ2) is 5.10. The minimum absolute atomic E-state index is 0.0809. The number of carbonyl (C=O) groups is 1. The van der Waals surface area contributed by atoms with Gasteiger partial charge in [-0.05, 0) is 6.07 Å². The van der Waals surface area contributed by atoms with Gasteiger partial charge >= 0.3 is 0 Å². The molecule has 0 radical (unpaired) electrons. The molecule has 0 atom stereocenters. The Morgan fingerprint density at radius 3 is 3.15 bits per heavy atom. The van der Waals surface area contributed by atoms with Crippen molar-refractivity contribution >= 4 is 22.5 Å². The number of nitrogens with zero attached hydrogens (tertiary/aromatic N) is 4. The molecule has 0 aliphatic heterocycles. The lowest BCUT2D eigenvalue weighted by molar-refractivity contribution is -0.116. The normalized spacial score (nSPS) is 10.8. The average molecular weight is 271 g/mol. The molecule has 102 valence electrons. The van der Waals surface area contributed by atoms with Crippen LogP contribution in [0.1, 0.15) is 5.69 Å². The van der Waals surface area contributed by atoms with Crippen LogP contribution in [0, 0.1) is 0 Å². The Kier molecular flexibility index (Phi) is 3.13. The fraction of sp³-hybridized carbons (Fsp3) is 0.167. The summed E-state index contributed by atoms with van der Waals surface area (Å²) in [6.07, 6.45) is 3.35. The molecule has 0 aliphatic carbocycles. The first-order valence-corrected chi connectivity index (χ1v) is 6.07. The summed E-state index contributed by atoms with van der Waals surface area (Å²) in [5, 5.41) is 18.2. The summed E-state index contributed by atoms with van der Waals surface area (Å²) in [6, 6.07) is 5.58. The van der Waals surface area contributed by atoms with Crippen LogP contribution in [0.15, 0.2) is 30.6 Å². The van der Waals surface area contributed by atoms with E-state index < -0.39 is 0 Å². The lowest BCUT2D eigenvalue weighted by Gasteiger charge is -2.05. The van der Waals surface area contributed by atoms with Crippen molar-refractivity contribution in [2.24, 2.45) is 5.73 Å². The third kappa shape index (κ3) is 2.36. The molecule has 20 heavy (non-hydrogen) atoms. The van der Waals surface area contributed by atoms with Crippen LogP contribution in [0.2, 0.25) is 0 Å². The molecule has 4 N–H and O–H groups in total. The first-order valence-electron chi connectivity index (χ1n) is 6.07. The van der Waals surface area contributed by atoms with Crippen LogP contribution in [0.4, 0.5) is 5.69 Å². The highest BCUT2D eigenvalue weighted by molar-refractivity contribution is 5.99. The second-order valence-corrected chi connectivity index (χ2v) is 4.30. The van der Waals surface area contributed by atoms with Crippen LogP contribution >= 0.6 is 0 Å². The van der Waals surface area contributed by atoms with Crippen molar-refractivity contribution in [1.82, 2.24) is 25.2 Å². The number of aromatic nitrogens is 5. The van der Waals surface area contributed by atoms with Crippen molar-refractivity contribution in [1.29, 1.82) is 0 Å². The maximum absolute atomic E-state index is 12.0. The van der Waals surface area contributed by atoms with Gasteiger partial charge in [0.15, 0.2) is 0 Å². The highest BCUT2D eigenvalue weighted by Crippen LogP contribution is 2.20. The molecule has 0 saturated carbocycles. The van der Waals surface area contributed by atoms with Crippen molar-refractivity contribution < 1.29 is 4.79 Å². The van der Waals surface area contributed by atoms with E-state index in [2.05, 4.69) is 25.8 Å².